The summed E-state index contributed by atoms with van der Waals surface area (Å²) in [5.74, 6) is -0.951. The third-order valence-corrected chi connectivity index (χ3v) is 4.14. The van der Waals surface area contributed by atoms with Crippen molar-refractivity contribution in [3.05, 3.63) is 35.9 Å². The summed E-state index contributed by atoms with van der Waals surface area (Å²) in [6.45, 7) is 1.63. The molecule has 1 aliphatic carbocycles. The van der Waals surface area contributed by atoms with Gasteiger partial charge in [0.2, 0.25) is 0 Å². The second-order valence-corrected chi connectivity index (χ2v) is 5.03. The zero-order chi connectivity index (χ0) is 12.5. The second-order valence-electron chi connectivity index (χ2n) is 5.03. The van der Waals surface area contributed by atoms with E-state index in [9.17, 15) is 15.0 Å². The Morgan fingerprint density at radius 2 is 1.76 bits per heavy atom. The standard InChI is InChI=1S/C14H18O3/c1-13(12(15)16,11-7-3-2-4-8-11)14(17)9-5-6-10-14/h2-4,7-8,17H,5-6,9-10H2,1H3,(H,15,16). The molecule has 0 aliphatic heterocycles. The monoisotopic (exact) mass is 234 g/mol. The lowest BCUT2D eigenvalue weighted by atomic mass is 9.67. The zero-order valence-corrected chi connectivity index (χ0v) is 10.0. The smallest absolute Gasteiger partial charge is 0.316 e. The highest BCUT2D eigenvalue weighted by Gasteiger charge is 2.54. The predicted molar refractivity (Wildman–Crippen MR) is 64.8 cm³/mol. The number of aliphatic hydroxyl groups is 1. The fourth-order valence-corrected chi connectivity index (χ4v) is 2.82. The van der Waals surface area contributed by atoms with E-state index in [1.807, 2.05) is 18.2 Å². The van der Waals surface area contributed by atoms with Crippen LogP contribution in [0.25, 0.3) is 0 Å². The number of carboxylic acid groups (broad SMARTS) is 1. The Labute approximate surface area is 101 Å². The molecule has 1 aromatic carbocycles. The second kappa shape index (κ2) is 4.15. The third kappa shape index (κ3) is 1.75. The van der Waals surface area contributed by atoms with Crippen LogP contribution in [0, 0.1) is 0 Å². The molecular formula is C14H18O3. The maximum Gasteiger partial charge on any atom is 0.316 e. The van der Waals surface area contributed by atoms with E-state index in [4.69, 9.17) is 0 Å². The predicted octanol–water partition coefficient (Wildman–Crippen LogP) is 2.33. The van der Waals surface area contributed by atoms with E-state index in [0.717, 1.165) is 12.8 Å². The highest BCUT2D eigenvalue weighted by Crippen LogP contribution is 2.45. The molecule has 1 aromatic rings. The van der Waals surface area contributed by atoms with Crippen LogP contribution in [0.2, 0.25) is 0 Å². The number of carbonyl (C=O) groups is 1. The number of benzene rings is 1. The maximum atomic E-state index is 11.7. The number of hydrogen-bond acceptors (Lipinski definition) is 2. The number of aliphatic carboxylic acids is 1. The first-order valence-corrected chi connectivity index (χ1v) is 6.02. The summed E-state index contributed by atoms with van der Waals surface area (Å²) in [7, 11) is 0. The zero-order valence-electron chi connectivity index (χ0n) is 10.0. The summed E-state index contributed by atoms with van der Waals surface area (Å²) in [5, 5.41) is 20.2. The van der Waals surface area contributed by atoms with Gasteiger partial charge < -0.3 is 10.2 Å². The maximum absolute atomic E-state index is 11.7. The van der Waals surface area contributed by atoms with Crippen molar-refractivity contribution < 1.29 is 15.0 Å². The van der Waals surface area contributed by atoms with E-state index in [2.05, 4.69) is 0 Å². The van der Waals surface area contributed by atoms with Gasteiger partial charge in [0.15, 0.2) is 0 Å². The topological polar surface area (TPSA) is 57.5 Å². The van der Waals surface area contributed by atoms with Crippen molar-refractivity contribution in [2.45, 2.75) is 43.6 Å². The van der Waals surface area contributed by atoms with Crippen LogP contribution in [0.4, 0.5) is 0 Å². The van der Waals surface area contributed by atoms with Gasteiger partial charge in [0.1, 0.15) is 5.41 Å². The van der Waals surface area contributed by atoms with Crippen molar-refractivity contribution in [1.82, 2.24) is 0 Å². The molecule has 0 saturated heterocycles. The van der Waals surface area contributed by atoms with Crippen LogP contribution in [-0.2, 0) is 10.2 Å². The Balaban J connectivity index is 2.50. The molecule has 3 heteroatoms. The summed E-state index contributed by atoms with van der Waals surface area (Å²) in [6.07, 6.45) is 2.91. The first-order chi connectivity index (χ1) is 8.01. The van der Waals surface area contributed by atoms with Crippen LogP contribution in [-0.4, -0.2) is 21.8 Å². The average molecular weight is 234 g/mol. The molecule has 3 nitrogen and oxygen atoms in total. The lowest BCUT2D eigenvalue weighted by Crippen LogP contribution is -2.53. The van der Waals surface area contributed by atoms with Gasteiger partial charge in [-0.3, -0.25) is 4.79 Å². The van der Waals surface area contributed by atoms with Gasteiger partial charge in [0.05, 0.1) is 5.60 Å². The molecule has 0 aromatic heterocycles. The molecule has 1 fully saturated rings. The molecule has 1 atom stereocenters. The summed E-state index contributed by atoms with van der Waals surface area (Å²) in [5.41, 5.74) is -1.66. The Bertz CT molecular complexity index is 407. The molecule has 0 bridgehead atoms. The van der Waals surface area contributed by atoms with Crippen molar-refractivity contribution in [2.24, 2.45) is 0 Å². The summed E-state index contributed by atoms with van der Waals surface area (Å²) < 4.78 is 0. The lowest BCUT2D eigenvalue weighted by molar-refractivity contribution is -0.155. The van der Waals surface area contributed by atoms with Crippen LogP contribution in [0.15, 0.2) is 30.3 Å². The van der Waals surface area contributed by atoms with Crippen LogP contribution >= 0.6 is 0 Å². The molecule has 2 rings (SSSR count). The number of hydrogen-bond donors (Lipinski definition) is 2. The largest absolute Gasteiger partial charge is 0.481 e. The Morgan fingerprint density at radius 1 is 1.24 bits per heavy atom. The lowest BCUT2D eigenvalue weighted by Gasteiger charge is -2.39. The third-order valence-electron chi connectivity index (χ3n) is 4.14. The Kier molecular flexibility index (Phi) is 2.96. The van der Waals surface area contributed by atoms with Gasteiger partial charge in [0, 0.05) is 0 Å². The van der Waals surface area contributed by atoms with Crippen molar-refractivity contribution in [2.75, 3.05) is 0 Å². The van der Waals surface area contributed by atoms with E-state index in [1.54, 1.807) is 19.1 Å². The van der Waals surface area contributed by atoms with Crippen molar-refractivity contribution >= 4 is 5.97 Å². The minimum absolute atomic E-state index is 0.560. The minimum atomic E-state index is -1.22. The van der Waals surface area contributed by atoms with Crippen molar-refractivity contribution in [1.29, 1.82) is 0 Å². The highest BCUT2D eigenvalue weighted by molar-refractivity contribution is 5.82. The molecule has 0 spiro atoms. The fraction of sp³-hybridized carbons (Fsp3) is 0.500. The Morgan fingerprint density at radius 3 is 2.24 bits per heavy atom. The molecular weight excluding hydrogens is 216 g/mol. The molecule has 0 heterocycles. The summed E-state index contributed by atoms with van der Waals surface area (Å²) in [6, 6.07) is 9.04. The Hall–Kier alpha value is -1.35. The molecule has 1 unspecified atom stereocenters. The quantitative estimate of drug-likeness (QED) is 0.844. The molecule has 1 saturated carbocycles. The van der Waals surface area contributed by atoms with Crippen LogP contribution in [0.5, 0.6) is 0 Å². The summed E-state index contributed by atoms with van der Waals surface area (Å²) in [4.78, 5) is 11.7. The van der Waals surface area contributed by atoms with Gasteiger partial charge in [-0.15, -0.1) is 0 Å². The molecule has 0 radical (unpaired) electrons. The molecule has 0 amide bonds. The van der Waals surface area contributed by atoms with E-state index in [-0.39, 0.29) is 0 Å². The van der Waals surface area contributed by atoms with Crippen LogP contribution in [0.1, 0.15) is 38.2 Å². The van der Waals surface area contributed by atoms with E-state index in [1.165, 1.54) is 0 Å². The normalized spacial score (nSPS) is 22.0. The summed E-state index contributed by atoms with van der Waals surface area (Å²) >= 11 is 0. The molecule has 17 heavy (non-hydrogen) atoms. The average Bonchev–Trinajstić information content (AvgIpc) is 2.77. The highest BCUT2D eigenvalue weighted by atomic mass is 16.4. The molecule has 92 valence electrons. The van der Waals surface area contributed by atoms with Crippen LogP contribution in [0.3, 0.4) is 0 Å². The van der Waals surface area contributed by atoms with Gasteiger partial charge in [-0.1, -0.05) is 43.2 Å². The van der Waals surface area contributed by atoms with Crippen LogP contribution < -0.4 is 0 Å². The molecule has 1 aliphatic rings. The first-order valence-electron chi connectivity index (χ1n) is 6.02. The van der Waals surface area contributed by atoms with Gasteiger partial charge in [-0.25, -0.2) is 0 Å². The van der Waals surface area contributed by atoms with E-state index >= 15 is 0 Å². The fourth-order valence-electron chi connectivity index (χ4n) is 2.82. The first kappa shape index (κ1) is 12.1. The van der Waals surface area contributed by atoms with Gasteiger partial charge in [0.25, 0.3) is 0 Å². The molecule has 2 N–H and O–H groups in total. The number of rotatable bonds is 3. The van der Waals surface area contributed by atoms with Crippen molar-refractivity contribution in [3.8, 4) is 0 Å². The van der Waals surface area contributed by atoms with E-state index in [0.29, 0.717) is 18.4 Å². The van der Waals surface area contributed by atoms with Gasteiger partial charge >= 0.3 is 5.97 Å². The van der Waals surface area contributed by atoms with Gasteiger partial charge in [-0.2, -0.15) is 0 Å². The van der Waals surface area contributed by atoms with E-state index < -0.39 is 17.0 Å². The van der Waals surface area contributed by atoms with Gasteiger partial charge in [-0.05, 0) is 25.3 Å². The SMILES string of the molecule is CC(C(=O)O)(c1ccccc1)C1(O)CCCC1. The number of carboxylic acids is 1. The van der Waals surface area contributed by atoms with Crippen molar-refractivity contribution in [3.63, 3.8) is 0 Å². The minimum Gasteiger partial charge on any atom is -0.481 e.